The van der Waals surface area contributed by atoms with E-state index in [-0.39, 0.29) is 23.2 Å². The van der Waals surface area contributed by atoms with Crippen molar-refractivity contribution in [1.82, 2.24) is 18.6 Å². The van der Waals surface area contributed by atoms with E-state index in [0.29, 0.717) is 24.2 Å². The number of fused-ring (bicyclic) bond motifs is 1. The highest BCUT2D eigenvalue weighted by atomic mass is 32.2. The summed E-state index contributed by atoms with van der Waals surface area (Å²) in [6.07, 6.45) is 5.97. The molecule has 0 bridgehead atoms. The number of rotatable bonds is 6. The molecule has 1 N–H and O–H groups in total. The second-order valence-corrected chi connectivity index (χ2v) is 10.2. The smallest absolute Gasteiger partial charge is 0.304 e. The summed E-state index contributed by atoms with van der Waals surface area (Å²) >= 11 is 0. The van der Waals surface area contributed by atoms with E-state index in [1.54, 1.807) is 18.3 Å². The van der Waals surface area contributed by atoms with E-state index in [4.69, 9.17) is 0 Å². The van der Waals surface area contributed by atoms with Gasteiger partial charge in [-0.05, 0) is 56.0 Å². The van der Waals surface area contributed by atoms with Gasteiger partial charge in [-0.3, -0.25) is 4.79 Å². The van der Waals surface area contributed by atoms with Gasteiger partial charge in [0, 0.05) is 37.1 Å². The van der Waals surface area contributed by atoms with Crippen molar-refractivity contribution in [1.29, 1.82) is 0 Å². The van der Waals surface area contributed by atoms with E-state index in [2.05, 4.69) is 9.82 Å². The minimum Gasteiger partial charge on any atom is -0.364 e. The minimum atomic E-state index is -3.96. The molecule has 1 aromatic carbocycles. The molecule has 3 heterocycles. The Kier molecular flexibility index (Phi) is 5.32. The largest absolute Gasteiger partial charge is 0.364 e. The third-order valence-corrected chi connectivity index (χ3v) is 7.81. The van der Waals surface area contributed by atoms with Crippen molar-refractivity contribution in [2.45, 2.75) is 37.8 Å². The summed E-state index contributed by atoms with van der Waals surface area (Å²) in [5, 5.41) is 4.15. The number of hydrogen-bond acceptors (Lipinski definition) is 5. The molecule has 1 saturated heterocycles. The Bertz CT molecular complexity index is 1340. The van der Waals surface area contributed by atoms with Gasteiger partial charge >= 0.3 is 10.2 Å². The summed E-state index contributed by atoms with van der Waals surface area (Å²) in [5.74, 6) is -1.74. The number of aromatic nitrogens is 2. The van der Waals surface area contributed by atoms with Crippen LogP contribution in [0.15, 0.2) is 42.7 Å². The molecular formula is C22H23F2N5O3S. The molecule has 1 unspecified atom stereocenters. The quantitative estimate of drug-likeness (QED) is 0.592. The van der Waals surface area contributed by atoms with Crippen LogP contribution in [0.3, 0.4) is 0 Å². The van der Waals surface area contributed by atoms with E-state index in [1.165, 1.54) is 28.1 Å². The first-order chi connectivity index (χ1) is 15.7. The molecule has 5 rings (SSSR count). The fourth-order valence-electron chi connectivity index (χ4n) is 4.37. The third kappa shape index (κ3) is 4.06. The van der Waals surface area contributed by atoms with Crippen molar-refractivity contribution in [2.75, 3.05) is 18.5 Å². The first-order valence-corrected chi connectivity index (χ1v) is 12.2. The fraction of sp³-hybridized carbons (Fsp3) is 0.364. The number of pyridine rings is 1. The Morgan fingerprint density at radius 3 is 2.73 bits per heavy atom. The highest BCUT2D eigenvalue weighted by molar-refractivity contribution is 7.87. The maximum Gasteiger partial charge on any atom is 0.304 e. The van der Waals surface area contributed by atoms with Gasteiger partial charge in [0.15, 0.2) is 0 Å². The van der Waals surface area contributed by atoms with E-state index >= 15 is 0 Å². The predicted molar refractivity (Wildman–Crippen MR) is 118 cm³/mol. The van der Waals surface area contributed by atoms with Gasteiger partial charge < -0.3 is 4.90 Å². The van der Waals surface area contributed by atoms with Gasteiger partial charge in [0.2, 0.25) is 0 Å². The number of benzene rings is 1. The molecule has 2 fully saturated rings. The van der Waals surface area contributed by atoms with Crippen molar-refractivity contribution in [3.05, 3.63) is 65.5 Å². The molecule has 1 aliphatic carbocycles. The number of halogens is 2. The van der Waals surface area contributed by atoms with Crippen molar-refractivity contribution >= 4 is 27.3 Å². The van der Waals surface area contributed by atoms with E-state index < -0.39 is 27.8 Å². The highest BCUT2D eigenvalue weighted by Crippen LogP contribution is 2.38. The Labute approximate surface area is 190 Å². The number of hydrogen-bond donors (Lipinski definition) is 1. The molecule has 1 atom stereocenters. The maximum atomic E-state index is 14.4. The molecule has 11 heteroatoms. The monoisotopic (exact) mass is 475 g/mol. The van der Waals surface area contributed by atoms with Gasteiger partial charge in [0.1, 0.15) is 11.6 Å². The van der Waals surface area contributed by atoms with E-state index in [9.17, 15) is 22.0 Å². The van der Waals surface area contributed by atoms with Crippen LogP contribution in [0.4, 0.5) is 14.5 Å². The summed E-state index contributed by atoms with van der Waals surface area (Å²) in [5.41, 5.74) is 1.52. The molecule has 1 saturated carbocycles. The zero-order valence-corrected chi connectivity index (χ0v) is 18.7. The van der Waals surface area contributed by atoms with Crippen molar-refractivity contribution < 1.29 is 22.0 Å². The number of anilines is 1. The van der Waals surface area contributed by atoms with Crippen molar-refractivity contribution in [3.63, 3.8) is 0 Å². The minimum absolute atomic E-state index is 0.0823. The van der Waals surface area contributed by atoms with Crippen LogP contribution in [0.5, 0.6) is 0 Å². The summed E-state index contributed by atoms with van der Waals surface area (Å²) in [4.78, 5) is 14.8. The second kappa shape index (κ2) is 8.07. The second-order valence-electron chi connectivity index (χ2n) is 8.47. The van der Waals surface area contributed by atoms with Crippen LogP contribution in [0.2, 0.25) is 0 Å². The van der Waals surface area contributed by atoms with E-state index in [1.807, 2.05) is 4.90 Å². The molecule has 1 amide bonds. The van der Waals surface area contributed by atoms with Gasteiger partial charge in [-0.25, -0.2) is 18.0 Å². The number of carbonyl (C=O) groups is 1. The van der Waals surface area contributed by atoms with Crippen molar-refractivity contribution in [3.8, 4) is 0 Å². The van der Waals surface area contributed by atoms with Crippen LogP contribution < -0.4 is 9.62 Å². The molecule has 174 valence electrons. The van der Waals surface area contributed by atoms with Gasteiger partial charge in [0.05, 0.1) is 23.3 Å². The highest BCUT2D eigenvalue weighted by Gasteiger charge is 2.35. The Hall–Kier alpha value is -3.05. The number of nitrogens with zero attached hydrogens (tertiary/aromatic N) is 4. The summed E-state index contributed by atoms with van der Waals surface area (Å²) in [6, 6.07) is 6.51. The van der Waals surface area contributed by atoms with Crippen LogP contribution in [0.25, 0.3) is 5.52 Å². The van der Waals surface area contributed by atoms with Crippen LogP contribution >= 0.6 is 0 Å². The average molecular weight is 476 g/mol. The lowest BCUT2D eigenvalue weighted by Crippen LogP contribution is -2.42. The average Bonchev–Trinajstić information content (AvgIpc) is 3.35. The topological polar surface area (TPSA) is 87.0 Å². The molecule has 0 radical (unpaired) electrons. The molecular weight excluding hydrogens is 452 g/mol. The summed E-state index contributed by atoms with van der Waals surface area (Å²) in [6.45, 7) is 0.632. The van der Waals surface area contributed by atoms with Gasteiger partial charge in [-0.2, -0.15) is 17.8 Å². The van der Waals surface area contributed by atoms with Gasteiger partial charge in [0.25, 0.3) is 5.91 Å². The number of carbonyl (C=O) groups excluding carboxylic acids is 1. The molecule has 1 aliphatic heterocycles. The van der Waals surface area contributed by atoms with Gasteiger partial charge in [-0.15, -0.1) is 0 Å². The first kappa shape index (κ1) is 21.8. The SMILES string of the molecule is CN(C1CC1)S(=O)(=O)NC(=O)c1cnn2ccc(N3CCCC3c3cc(F)ccc3F)cc12. The van der Waals surface area contributed by atoms with E-state index in [0.717, 1.165) is 31.4 Å². The summed E-state index contributed by atoms with van der Waals surface area (Å²) in [7, 11) is -2.52. The predicted octanol–water partition coefficient (Wildman–Crippen LogP) is 3.02. The summed E-state index contributed by atoms with van der Waals surface area (Å²) < 4.78 is 58.0. The molecule has 2 aromatic heterocycles. The molecule has 3 aromatic rings. The molecule has 33 heavy (non-hydrogen) atoms. The lowest BCUT2D eigenvalue weighted by Gasteiger charge is -2.27. The van der Waals surface area contributed by atoms with Crippen molar-refractivity contribution in [2.24, 2.45) is 0 Å². The Balaban J connectivity index is 1.45. The molecule has 2 aliphatic rings. The van der Waals surface area contributed by atoms with Crippen LogP contribution in [-0.2, 0) is 10.2 Å². The maximum absolute atomic E-state index is 14.4. The zero-order chi connectivity index (χ0) is 23.3. The zero-order valence-electron chi connectivity index (χ0n) is 17.9. The first-order valence-electron chi connectivity index (χ1n) is 10.7. The Morgan fingerprint density at radius 1 is 1.18 bits per heavy atom. The molecule has 0 spiro atoms. The van der Waals surface area contributed by atoms with Crippen LogP contribution in [0, 0.1) is 11.6 Å². The molecule has 8 nitrogen and oxygen atoms in total. The lowest BCUT2D eigenvalue weighted by atomic mass is 10.0. The fourth-order valence-corrected chi connectivity index (χ4v) is 5.46. The number of amides is 1. The third-order valence-electron chi connectivity index (χ3n) is 6.31. The van der Waals surface area contributed by atoms with Crippen LogP contribution in [-0.4, -0.2) is 47.9 Å². The number of nitrogens with one attached hydrogen (secondary N) is 1. The lowest BCUT2D eigenvalue weighted by molar-refractivity contribution is 0.0981. The standard InChI is InChI=1S/C22H23F2N5O3S/c1-27(15-5-6-15)33(31,32)26-22(30)18-13-25-29-10-8-16(12-21(18)29)28-9-2-3-20(28)17-11-14(23)4-7-19(17)24/h4,7-8,10-13,15,20H,2-3,5-6,9H2,1H3,(H,26,30). The normalized spacial score (nSPS) is 18.9. The Morgan fingerprint density at radius 2 is 1.97 bits per heavy atom. The van der Waals surface area contributed by atoms with Gasteiger partial charge in [-0.1, -0.05) is 0 Å². The van der Waals surface area contributed by atoms with Crippen LogP contribution in [0.1, 0.15) is 47.6 Å².